The zero-order valence-electron chi connectivity index (χ0n) is 5.14. The van der Waals surface area contributed by atoms with Crippen molar-refractivity contribution < 1.29 is 4.39 Å². The van der Waals surface area contributed by atoms with Crippen molar-refractivity contribution in [3.8, 4) is 0 Å². The van der Waals surface area contributed by atoms with Crippen LogP contribution in [0.3, 0.4) is 0 Å². The Morgan fingerprint density at radius 3 is 2.70 bits per heavy atom. The maximum atomic E-state index is 12.6. The number of nitrogens with two attached hydrogens (primary N) is 1. The average molecular weight is 161 g/mol. The summed E-state index contributed by atoms with van der Waals surface area (Å²) >= 11 is 5.55. The van der Waals surface area contributed by atoms with Gasteiger partial charge >= 0.3 is 0 Å². The zero-order chi connectivity index (χ0) is 7.56. The molecule has 54 valence electrons. The zero-order valence-corrected chi connectivity index (χ0v) is 5.90. The van der Waals surface area contributed by atoms with E-state index in [4.69, 9.17) is 17.3 Å². The summed E-state index contributed by atoms with van der Waals surface area (Å²) in [7, 11) is 0. The minimum absolute atomic E-state index is 0.104. The van der Waals surface area contributed by atoms with Crippen LogP contribution in [0.15, 0.2) is 12.4 Å². The van der Waals surface area contributed by atoms with Crippen LogP contribution in [-0.2, 0) is 6.54 Å². The third-order valence-electron chi connectivity index (χ3n) is 1.16. The van der Waals surface area contributed by atoms with Crippen LogP contribution in [0.4, 0.5) is 4.39 Å². The van der Waals surface area contributed by atoms with E-state index in [-0.39, 0.29) is 11.6 Å². The molecule has 0 bridgehead atoms. The van der Waals surface area contributed by atoms with Crippen molar-refractivity contribution in [1.29, 1.82) is 0 Å². The number of hydrogen-bond acceptors (Lipinski definition) is 2. The molecule has 2 nitrogen and oxygen atoms in total. The van der Waals surface area contributed by atoms with Crippen molar-refractivity contribution in [3.05, 3.63) is 28.8 Å². The van der Waals surface area contributed by atoms with Crippen molar-refractivity contribution in [3.63, 3.8) is 0 Å². The van der Waals surface area contributed by atoms with Crippen molar-refractivity contribution >= 4 is 11.6 Å². The molecule has 0 aliphatic carbocycles. The Morgan fingerprint density at radius 1 is 1.60 bits per heavy atom. The third-order valence-corrected chi connectivity index (χ3v) is 1.48. The summed E-state index contributed by atoms with van der Waals surface area (Å²) in [5.41, 5.74) is 5.52. The summed E-state index contributed by atoms with van der Waals surface area (Å²) in [6.45, 7) is 0.104. The van der Waals surface area contributed by atoms with Crippen molar-refractivity contribution in [2.45, 2.75) is 6.54 Å². The Bertz CT molecular complexity index is 219. The number of aromatic nitrogens is 1. The van der Waals surface area contributed by atoms with Gasteiger partial charge in [0.05, 0.1) is 11.2 Å². The number of halogens is 2. The molecular formula is C6H6ClFN2. The molecule has 0 fully saturated rings. The van der Waals surface area contributed by atoms with E-state index < -0.39 is 5.82 Å². The van der Waals surface area contributed by atoms with Gasteiger partial charge in [-0.15, -0.1) is 0 Å². The quantitative estimate of drug-likeness (QED) is 0.673. The van der Waals surface area contributed by atoms with E-state index in [1.807, 2.05) is 0 Å². The summed E-state index contributed by atoms with van der Waals surface area (Å²) in [5.74, 6) is -0.449. The molecule has 0 unspecified atom stereocenters. The monoisotopic (exact) mass is 160 g/mol. The lowest BCUT2D eigenvalue weighted by molar-refractivity contribution is 0.604. The van der Waals surface area contributed by atoms with Gasteiger partial charge in [0.15, 0.2) is 0 Å². The minimum atomic E-state index is -0.449. The largest absolute Gasteiger partial charge is 0.326 e. The van der Waals surface area contributed by atoms with E-state index in [1.54, 1.807) is 0 Å². The lowest BCUT2D eigenvalue weighted by atomic mass is 10.2. The molecule has 2 N–H and O–H groups in total. The highest BCUT2D eigenvalue weighted by Gasteiger charge is 2.03. The summed E-state index contributed by atoms with van der Waals surface area (Å²) < 4.78 is 12.6. The standard InChI is InChI=1S/C6H6ClFN2/c7-5-2-10-3-6(8)4(5)1-9/h2-3H,1,9H2. The summed E-state index contributed by atoms with van der Waals surface area (Å²) in [6, 6.07) is 0. The predicted molar refractivity (Wildman–Crippen MR) is 37.1 cm³/mol. The molecule has 1 heterocycles. The van der Waals surface area contributed by atoms with Gasteiger partial charge in [-0.2, -0.15) is 0 Å². The number of hydrogen-bond donors (Lipinski definition) is 1. The molecule has 0 atom stereocenters. The Morgan fingerprint density at radius 2 is 2.30 bits per heavy atom. The highest BCUT2D eigenvalue weighted by Crippen LogP contribution is 2.15. The maximum absolute atomic E-state index is 12.6. The van der Waals surface area contributed by atoms with Crippen molar-refractivity contribution in [2.24, 2.45) is 5.73 Å². The fourth-order valence-corrected chi connectivity index (χ4v) is 0.857. The van der Waals surface area contributed by atoms with Gasteiger partial charge in [0.25, 0.3) is 0 Å². The van der Waals surface area contributed by atoms with Gasteiger partial charge < -0.3 is 5.73 Å². The normalized spacial score (nSPS) is 9.90. The molecule has 1 aromatic heterocycles. The summed E-state index contributed by atoms with van der Waals surface area (Å²) in [5, 5.41) is 0.280. The molecular weight excluding hydrogens is 155 g/mol. The number of rotatable bonds is 1. The molecule has 1 rings (SSSR count). The third kappa shape index (κ3) is 1.25. The van der Waals surface area contributed by atoms with E-state index >= 15 is 0 Å². The van der Waals surface area contributed by atoms with E-state index in [0.717, 1.165) is 6.20 Å². The predicted octanol–water partition coefficient (Wildman–Crippen LogP) is 1.33. The summed E-state index contributed by atoms with van der Waals surface area (Å²) in [6.07, 6.45) is 2.46. The molecule has 10 heavy (non-hydrogen) atoms. The van der Waals surface area contributed by atoms with Gasteiger partial charge in [0.1, 0.15) is 5.82 Å². The van der Waals surface area contributed by atoms with Crippen LogP contribution in [0.25, 0.3) is 0 Å². The van der Waals surface area contributed by atoms with Gasteiger partial charge in [-0.3, -0.25) is 4.98 Å². The molecule has 0 spiro atoms. The van der Waals surface area contributed by atoms with E-state index in [1.165, 1.54) is 6.20 Å². The van der Waals surface area contributed by atoms with Gasteiger partial charge in [0, 0.05) is 18.3 Å². The van der Waals surface area contributed by atoms with Crippen LogP contribution >= 0.6 is 11.6 Å². The molecule has 1 aromatic rings. The molecule has 0 aromatic carbocycles. The number of nitrogens with zero attached hydrogens (tertiary/aromatic N) is 1. The fraction of sp³-hybridized carbons (Fsp3) is 0.167. The first kappa shape index (κ1) is 7.44. The first-order valence-corrected chi connectivity index (χ1v) is 3.11. The maximum Gasteiger partial charge on any atom is 0.147 e. The first-order chi connectivity index (χ1) is 4.75. The topological polar surface area (TPSA) is 38.9 Å². The minimum Gasteiger partial charge on any atom is -0.326 e. The second-order valence-electron chi connectivity index (χ2n) is 1.79. The van der Waals surface area contributed by atoms with Crippen LogP contribution in [-0.4, -0.2) is 4.98 Å². The average Bonchev–Trinajstić information content (AvgIpc) is 1.88. The lowest BCUT2D eigenvalue weighted by Gasteiger charge is -1.99. The Balaban J connectivity index is 3.17. The fourth-order valence-electron chi connectivity index (χ4n) is 0.633. The van der Waals surface area contributed by atoms with Gasteiger partial charge in [-0.05, 0) is 0 Å². The highest BCUT2D eigenvalue weighted by molar-refractivity contribution is 6.31. The molecule has 0 amide bonds. The van der Waals surface area contributed by atoms with Gasteiger partial charge in [-0.25, -0.2) is 4.39 Å². The smallest absolute Gasteiger partial charge is 0.147 e. The number of pyridine rings is 1. The molecule has 0 saturated heterocycles. The molecule has 0 aliphatic rings. The first-order valence-electron chi connectivity index (χ1n) is 2.73. The van der Waals surface area contributed by atoms with Crippen LogP contribution in [0, 0.1) is 5.82 Å². The van der Waals surface area contributed by atoms with E-state index in [2.05, 4.69) is 4.98 Å². The van der Waals surface area contributed by atoms with Crippen LogP contribution in [0.2, 0.25) is 5.02 Å². The van der Waals surface area contributed by atoms with Crippen LogP contribution < -0.4 is 5.73 Å². The van der Waals surface area contributed by atoms with Gasteiger partial charge in [-0.1, -0.05) is 11.6 Å². The second kappa shape index (κ2) is 2.94. The molecule has 0 radical (unpaired) electrons. The van der Waals surface area contributed by atoms with E-state index in [9.17, 15) is 4.39 Å². The molecule has 4 heteroatoms. The molecule has 0 saturated carbocycles. The van der Waals surface area contributed by atoms with Gasteiger partial charge in [0.2, 0.25) is 0 Å². The van der Waals surface area contributed by atoms with E-state index in [0.29, 0.717) is 5.56 Å². The second-order valence-corrected chi connectivity index (χ2v) is 2.19. The molecule has 0 aliphatic heterocycles. The Kier molecular flexibility index (Phi) is 2.19. The van der Waals surface area contributed by atoms with Crippen molar-refractivity contribution in [1.82, 2.24) is 4.98 Å². The summed E-state index contributed by atoms with van der Waals surface area (Å²) in [4.78, 5) is 3.53. The van der Waals surface area contributed by atoms with Crippen molar-refractivity contribution in [2.75, 3.05) is 0 Å². The van der Waals surface area contributed by atoms with Crippen LogP contribution in [0.5, 0.6) is 0 Å². The lowest BCUT2D eigenvalue weighted by Crippen LogP contribution is -2.00. The Labute approximate surface area is 62.8 Å². The Hall–Kier alpha value is -0.670. The highest BCUT2D eigenvalue weighted by atomic mass is 35.5. The van der Waals surface area contributed by atoms with Crippen LogP contribution in [0.1, 0.15) is 5.56 Å². The SMILES string of the molecule is NCc1c(F)cncc1Cl.